The second kappa shape index (κ2) is 22.8. The van der Waals surface area contributed by atoms with Crippen molar-refractivity contribution in [1.29, 1.82) is 0 Å². The number of carbonyl (C=O) groups excluding carboxylic acids is 3. The Kier molecular flexibility index (Phi) is 17.2. The number of ketones is 1. The van der Waals surface area contributed by atoms with E-state index in [0.29, 0.717) is 48.2 Å². The van der Waals surface area contributed by atoms with Crippen molar-refractivity contribution >= 4 is 60.3 Å². The van der Waals surface area contributed by atoms with Crippen LogP contribution in [0.3, 0.4) is 0 Å². The van der Waals surface area contributed by atoms with Crippen LogP contribution in [0.2, 0.25) is 0 Å². The zero-order chi connectivity index (χ0) is 46.8. The predicted octanol–water partition coefficient (Wildman–Crippen LogP) is 7.86. The number of benzene rings is 1. The van der Waals surface area contributed by atoms with Crippen LogP contribution in [0, 0.1) is 0 Å². The van der Waals surface area contributed by atoms with E-state index in [1.165, 1.54) is 0 Å². The van der Waals surface area contributed by atoms with Gasteiger partial charge in [0.15, 0.2) is 0 Å². The van der Waals surface area contributed by atoms with Crippen molar-refractivity contribution in [2.75, 3.05) is 61.0 Å². The molecule has 0 unspecified atom stereocenters. The Morgan fingerprint density at radius 2 is 1.29 bits per heavy atom. The normalized spacial score (nSPS) is 20.1. The van der Waals surface area contributed by atoms with E-state index in [9.17, 15) is 36.3 Å². The standard InChI is InChI=1S/C50H72N6O8S2/c1-3-5-7-9-11-13-31-65(61,62)51-25-23-41(57)53-45-37-21-17-29-55-27-15-19-35(47(37)55)33-39(45)43-49(59)44(50(43)60)40-34-36-20-16-28-56-30-18-22-38(48(36)56)46(40)54-42(58)24-26-52-66(63,64)32-14-12-10-8-6-4-2/h33-34,51-52,59H,3-32H2,1-2H3,(H,53,57)/b44-40-,54-46?. The molecule has 0 atom stereocenters. The molecule has 362 valence electrons. The number of nitrogens with one attached hydrogen (secondary N) is 3. The molecule has 14 nitrogen and oxygen atoms in total. The second-order valence-electron chi connectivity index (χ2n) is 18.9. The van der Waals surface area contributed by atoms with Crippen molar-refractivity contribution in [3.8, 4) is 0 Å². The Hall–Kier alpha value is -4.12. The fourth-order valence-electron chi connectivity index (χ4n) is 10.6. The van der Waals surface area contributed by atoms with Gasteiger partial charge in [-0.25, -0.2) is 31.3 Å². The monoisotopic (exact) mass is 948 g/mol. The molecule has 0 spiro atoms. The number of amides is 2. The molecule has 66 heavy (non-hydrogen) atoms. The number of sulfonamides is 2. The van der Waals surface area contributed by atoms with Gasteiger partial charge in [-0.1, -0.05) is 78.1 Å². The van der Waals surface area contributed by atoms with Crippen LogP contribution in [-0.4, -0.2) is 101 Å². The van der Waals surface area contributed by atoms with E-state index in [2.05, 4.69) is 43.4 Å². The number of aliphatic hydroxyl groups is 1. The van der Waals surface area contributed by atoms with Gasteiger partial charge in [-0.3, -0.25) is 14.4 Å². The number of aliphatic hydroxyl groups excluding tert-OH is 1. The van der Waals surface area contributed by atoms with Gasteiger partial charge in [0.05, 0.1) is 34.1 Å². The van der Waals surface area contributed by atoms with Crippen LogP contribution in [0.5, 0.6) is 0 Å². The molecular formula is C50H72N6O8S2. The first-order chi connectivity index (χ1) is 31.8. The van der Waals surface area contributed by atoms with Gasteiger partial charge < -0.3 is 20.2 Å². The van der Waals surface area contributed by atoms with Crippen molar-refractivity contribution in [2.24, 2.45) is 4.99 Å². The van der Waals surface area contributed by atoms with Crippen LogP contribution in [-0.2, 0) is 47.3 Å². The number of hydrogen-bond acceptors (Lipinski definition) is 10. The number of rotatable bonds is 24. The highest BCUT2D eigenvalue weighted by atomic mass is 32.2. The second-order valence-corrected chi connectivity index (χ2v) is 22.7. The van der Waals surface area contributed by atoms with Crippen molar-refractivity contribution in [1.82, 2.24) is 14.3 Å². The smallest absolute Gasteiger partial charge is 0.247 e. The number of nitrogens with zero attached hydrogens (tertiary/aromatic N) is 3. The fraction of sp³-hybridized carbons (Fsp3) is 0.640. The molecule has 1 fully saturated rings. The average Bonchev–Trinajstić information content (AvgIpc) is 3.28. The summed E-state index contributed by atoms with van der Waals surface area (Å²) >= 11 is 0. The quantitative estimate of drug-likeness (QED) is 0.0586. The Bertz CT molecular complexity index is 2410. The molecule has 4 N–H and O–H groups in total. The third kappa shape index (κ3) is 11.9. The maximum absolute atomic E-state index is 14.8. The van der Waals surface area contributed by atoms with Crippen LogP contribution in [0.1, 0.15) is 159 Å². The minimum Gasteiger partial charge on any atom is -0.506 e. The van der Waals surface area contributed by atoms with Crippen LogP contribution in [0.4, 0.5) is 11.4 Å². The van der Waals surface area contributed by atoms with Crippen molar-refractivity contribution in [3.63, 3.8) is 0 Å². The molecule has 16 heteroatoms. The number of Topliss-reactive ketones (excluding diaryl/α,β-unsaturated/α-hetero) is 1. The van der Waals surface area contributed by atoms with Crippen molar-refractivity contribution < 1.29 is 36.3 Å². The number of aliphatic imine (C=N–C) groups is 1. The highest BCUT2D eigenvalue weighted by Gasteiger charge is 2.43. The highest BCUT2D eigenvalue weighted by Crippen LogP contribution is 2.49. The summed E-state index contributed by atoms with van der Waals surface area (Å²) in [6.07, 6.45) is 19.5. The third-order valence-electron chi connectivity index (χ3n) is 13.9. The lowest BCUT2D eigenvalue weighted by Crippen LogP contribution is -2.38. The predicted molar refractivity (Wildman–Crippen MR) is 263 cm³/mol. The number of anilines is 2. The van der Waals surface area contributed by atoms with Crippen molar-refractivity contribution in [2.45, 2.75) is 155 Å². The minimum absolute atomic E-state index is 0.00401. The van der Waals surface area contributed by atoms with Crippen LogP contribution in [0.25, 0.3) is 5.57 Å². The topological polar surface area (TPSA) is 195 Å². The SMILES string of the molecule is CCCCCCCCS(=O)(=O)NCCC(=O)N=C1C2=C3C(=C/C1=C1/C(=O)C(c4cc5c6c(c4NC(=O)CCNS(=O)(=O)CCCCCCCC)CCCN6CCC5)=C1O)CCCN3CCC2. The highest BCUT2D eigenvalue weighted by molar-refractivity contribution is 7.89. The van der Waals surface area contributed by atoms with E-state index in [1.807, 2.05) is 12.1 Å². The molecule has 2 amide bonds. The Balaban J connectivity index is 1.15. The lowest BCUT2D eigenvalue weighted by atomic mass is 9.73. The lowest BCUT2D eigenvalue weighted by molar-refractivity contribution is -0.118. The van der Waals surface area contributed by atoms with Crippen LogP contribution in [0.15, 0.2) is 50.9 Å². The van der Waals surface area contributed by atoms with Gasteiger partial charge in [-0.2, -0.15) is 0 Å². The summed E-state index contributed by atoms with van der Waals surface area (Å²) in [5.74, 6) is -1.55. The van der Waals surface area contributed by atoms with E-state index in [0.717, 1.165) is 163 Å². The molecule has 1 aromatic carbocycles. The molecule has 1 aromatic rings. The van der Waals surface area contributed by atoms with E-state index in [-0.39, 0.29) is 54.3 Å². The van der Waals surface area contributed by atoms with Gasteiger partial charge in [0, 0.05) is 80.2 Å². The summed E-state index contributed by atoms with van der Waals surface area (Å²) in [4.78, 5) is 51.4. The number of unbranched alkanes of at least 4 members (excludes halogenated alkanes) is 10. The molecule has 4 heterocycles. The van der Waals surface area contributed by atoms with E-state index < -0.39 is 37.6 Å². The number of allylic oxidation sites excluding steroid dienone is 6. The summed E-state index contributed by atoms with van der Waals surface area (Å²) < 4.78 is 56.2. The first kappa shape index (κ1) is 49.8. The Morgan fingerprint density at radius 3 is 1.94 bits per heavy atom. The average molecular weight is 949 g/mol. The summed E-state index contributed by atoms with van der Waals surface area (Å²) in [7, 11) is -7.12. The molecule has 0 bridgehead atoms. The zero-order valence-corrected chi connectivity index (χ0v) is 41.0. The van der Waals surface area contributed by atoms with Gasteiger partial charge in [-0.05, 0) is 93.1 Å². The van der Waals surface area contributed by atoms with Gasteiger partial charge in [0.2, 0.25) is 37.6 Å². The molecule has 1 saturated heterocycles. The van der Waals surface area contributed by atoms with Gasteiger partial charge in [0.1, 0.15) is 5.76 Å². The van der Waals surface area contributed by atoms with Gasteiger partial charge in [0.25, 0.3) is 0 Å². The van der Waals surface area contributed by atoms with Crippen LogP contribution >= 0.6 is 0 Å². The number of piperidine rings is 1. The van der Waals surface area contributed by atoms with E-state index in [4.69, 9.17) is 0 Å². The summed E-state index contributed by atoms with van der Waals surface area (Å²) in [6.45, 7) is 7.62. The molecule has 7 rings (SSSR count). The van der Waals surface area contributed by atoms with Gasteiger partial charge >= 0.3 is 0 Å². The minimum atomic E-state index is -3.56. The van der Waals surface area contributed by atoms with Crippen molar-refractivity contribution in [3.05, 3.63) is 62.6 Å². The Morgan fingerprint density at radius 1 is 0.712 bits per heavy atom. The fourth-order valence-corrected chi connectivity index (χ4v) is 12.9. The molecule has 0 radical (unpaired) electrons. The van der Waals surface area contributed by atoms with Gasteiger partial charge in [-0.15, -0.1) is 0 Å². The summed E-state index contributed by atoms with van der Waals surface area (Å²) in [5, 5.41) is 15.2. The molecule has 6 aliphatic rings. The maximum Gasteiger partial charge on any atom is 0.247 e. The summed E-state index contributed by atoms with van der Waals surface area (Å²) in [5.41, 5.74) is 7.75. The molecular weight excluding hydrogens is 877 g/mol. The van der Waals surface area contributed by atoms with E-state index in [1.54, 1.807) is 0 Å². The largest absolute Gasteiger partial charge is 0.506 e. The molecule has 0 aromatic heterocycles. The summed E-state index contributed by atoms with van der Waals surface area (Å²) in [6, 6.07) is 1.92. The lowest BCUT2D eigenvalue weighted by Gasteiger charge is -2.42. The van der Waals surface area contributed by atoms with E-state index >= 15 is 0 Å². The maximum atomic E-state index is 14.8. The Labute approximate surface area is 393 Å². The number of hydrogen-bond donors (Lipinski definition) is 4. The third-order valence-corrected chi connectivity index (χ3v) is 16.8. The zero-order valence-electron chi connectivity index (χ0n) is 39.3. The first-order valence-electron chi connectivity index (χ1n) is 25.0. The molecule has 4 aliphatic heterocycles. The molecule has 0 saturated carbocycles. The number of carbonyl (C=O) groups is 3. The molecule has 2 aliphatic carbocycles. The first-order valence-corrected chi connectivity index (χ1v) is 28.3. The van der Waals surface area contributed by atoms with Crippen LogP contribution < -0.4 is 19.7 Å². The number of aryl methyl sites for hydroxylation is 1.